The molecule has 0 aromatic carbocycles. The molecule has 16 heteroatoms. The van der Waals surface area contributed by atoms with E-state index in [9.17, 15) is 19.2 Å². The Labute approximate surface area is 220 Å². The van der Waals surface area contributed by atoms with Crippen molar-refractivity contribution in [2.45, 2.75) is 15.6 Å². The van der Waals surface area contributed by atoms with Crippen LogP contribution in [0.3, 0.4) is 0 Å². The molecular formula is C19H32N4O8S4. The van der Waals surface area contributed by atoms with Crippen molar-refractivity contribution in [3.63, 3.8) is 0 Å². The fraction of sp³-hybridized carbons (Fsp3) is 0.789. The number of nitrogens with one attached hydrogen (secondary N) is 4. The highest BCUT2D eigenvalue weighted by Crippen LogP contribution is 2.53. The van der Waals surface area contributed by atoms with Crippen molar-refractivity contribution in [1.29, 1.82) is 0 Å². The van der Waals surface area contributed by atoms with Crippen molar-refractivity contribution in [1.82, 2.24) is 21.3 Å². The summed E-state index contributed by atoms with van der Waals surface area (Å²) in [5.74, 6) is -0.710. The topological polar surface area (TPSA) is 153 Å². The first-order chi connectivity index (χ1) is 17.1. The minimum Gasteiger partial charge on any atom is -0.377 e. The predicted molar refractivity (Wildman–Crippen MR) is 138 cm³/mol. The van der Waals surface area contributed by atoms with E-state index in [4.69, 9.17) is 18.9 Å². The number of rotatable bonds is 22. The molecule has 0 aromatic heterocycles. The first kappa shape index (κ1) is 30.3. The molecule has 2 fully saturated rings. The maximum Gasteiger partial charge on any atom is 0.245 e. The summed E-state index contributed by atoms with van der Waals surface area (Å²) in [7, 11) is 6.18. The maximum atomic E-state index is 11.7. The third kappa shape index (κ3) is 17.3. The van der Waals surface area contributed by atoms with E-state index in [-0.39, 0.29) is 39.2 Å². The van der Waals surface area contributed by atoms with Gasteiger partial charge in [0.25, 0.3) is 0 Å². The molecule has 4 amide bonds. The summed E-state index contributed by atoms with van der Waals surface area (Å²) in [6.07, 6.45) is -0.264. The van der Waals surface area contributed by atoms with Gasteiger partial charge in [0, 0.05) is 26.2 Å². The molecule has 2 rings (SSSR count). The van der Waals surface area contributed by atoms with Gasteiger partial charge in [-0.05, 0) is 0 Å². The van der Waals surface area contributed by atoms with Crippen LogP contribution >= 0.6 is 43.2 Å². The van der Waals surface area contributed by atoms with Gasteiger partial charge in [0.05, 0.1) is 52.9 Å². The van der Waals surface area contributed by atoms with Crippen LogP contribution < -0.4 is 21.3 Å². The Morgan fingerprint density at radius 1 is 0.486 bits per heavy atom. The lowest BCUT2D eigenvalue weighted by Gasteiger charge is -2.09. The summed E-state index contributed by atoms with van der Waals surface area (Å²) >= 11 is 0. The molecule has 4 N–H and O–H groups in total. The van der Waals surface area contributed by atoms with Crippen LogP contribution in [-0.4, -0.2) is 112 Å². The molecule has 12 nitrogen and oxygen atoms in total. The number of amides is 4. The van der Waals surface area contributed by atoms with Gasteiger partial charge >= 0.3 is 0 Å². The average molecular weight is 573 g/mol. The molecule has 0 aliphatic carbocycles. The number of carbonyl (C=O) groups is 4. The van der Waals surface area contributed by atoms with Gasteiger partial charge in [-0.3, -0.25) is 19.2 Å². The Morgan fingerprint density at radius 2 is 0.800 bits per heavy atom. The van der Waals surface area contributed by atoms with Gasteiger partial charge in [0.1, 0.15) is 15.6 Å². The van der Waals surface area contributed by atoms with Crippen LogP contribution in [0.15, 0.2) is 0 Å². The molecule has 200 valence electrons. The van der Waals surface area contributed by atoms with E-state index in [0.717, 1.165) is 0 Å². The molecule has 2 aliphatic heterocycles. The highest BCUT2D eigenvalue weighted by molar-refractivity contribution is 8.93. The monoisotopic (exact) mass is 572 g/mol. The van der Waals surface area contributed by atoms with Crippen molar-refractivity contribution in [2.24, 2.45) is 0 Å². The molecular weight excluding hydrogens is 540 g/mol. The van der Waals surface area contributed by atoms with Crippen molar-refractivity contribution in [3.05, 3.63) is 0 Å². The van der Waals surface area contributed by atoms with E-state index in [1.165, 1.54) is 0 Å². The number of hydrogen-bond acceptors (Lipinski definition) is 12. The van der Waals surface area contributed by atoms with Gasteiger partial charge in [-0.1, -0.05) is 43.2 Å². The standard InChI is InChI=1S/C19H32N4O8S4/c24-14(20-1-5-28-9-11-30-7-3-22-16(26)18-32-33-18)13-15(25)21-2-6-29-10-12-31-8-4-23-17(27)19-34-35-19/h18-19H,1-13H2,(H,20,24)(H,21,25)(H,22,26)(H,23,27). The second-order valence-corrected chi connectivity index (χ2v) is 12.5. The molecule has 35 heavy (non-hydrogen) atoms. The molecule has 0 radical (unpaired) electrons. The van der Waals surface area contributed by atoms with Crippen LogP contribution in [-0.2, 0) is 38.1 Å². The average Bonchev–Trinajstić information content (AvgIpc) is 3.73. The molecule has 0 unspecified atom stereocenters. The first-order valence-electron chi connectivity index (χ1n) is 11.1. The van der Waals surface area contributed by atoms with Crippen molar-refractivity contribution in [2.75, 3.05) is 79.0 Å². The zero-order valence-electron chi connectivity index (χ0n) is 19.2. The Balaban J connectivity index is 1.25. The van der Waals surface area contributed by atoms with Crippen molar-refractivity contribution in [3.8, 4) is 0 Å². The van der Waals surface area contributed by atoms with Gasteiger partial charge in [-0.15, -0.1) is 0 Å². The van der Waals surface area contributed by atoms with E-state index < -0.39 is 0 Å². The van der Waals surface area contributed by atoms with Crippen LogP contribution in [0.2, 0.25) is 0 Å². The third-order valence-electron chi connectivity index (χ3n) is 4.11. The van der Waals surface area contributed by atoms with Gasteiger partial charge in [-0.25, -0.2) is 0 Å². The molecule has 0 aromatic rings. The Morgan fingerprint density at radius 3 is 1.11 bits per heavy atom. The van der Waals surface area contributed by atoms with Crippen molar-refractivity contribution < 1.29 is 38.1 Å². The molecule has 0 saturated carbocycles. The lowest BCUT2D eigenvalue weighted by atomic mass is 10.3. The predicted octanol–water partition coefficient (Wildman–Crippen LogP) is -0.650. The van der Waals surface area contributed by atoms with Gasteiger partial charge in [0.15, 0.2) is 0 Å². The summed E-state index contributed by atoms with van der Waals surface area (Å²) in [5.41, 5.74) is 0. The highest BCUT2D eigenvalue weighted by Gasteiger charge is 2.32. The van der Waals surface area contributed by atoms with Crippen LogP contribution in [0.25, 0.3) is 0 Å². The number of carbonyl (C=O) groups excluding carboxylic acids is 4. The molecule has 0 bridgehead atoms. The lowest BCUT2D eigenvalue weighted by molar-refractivity contribution is -0.129. The Bertz CT molecular complexity index is 617. The highest BCUT2D eigenvalue weighted by atomic mass is 33.2. The van der Waals surface area contributed by atoms with Crippen LogP contribution in [0.5, 0.6) is 0 Å². The Kier molecular flexibility index (Phi) is 16.7. The summed E-state index contributed by atoms with van der Waals surface area (Å²) in [4.78, 5) is 46.2. The zero-order chi connectivity index (χ0) is 25.1. The number of ether oxygens (including phenoxy) is 4. The fourth-order valence-electron chi connectivity index (χ4n) is 2.33. The molecule has 2 aliphatic rings. The summed E-state index contributed by atoms with van der Waals surface area (Å²) in [6, 6.07) is 0. The Hall–Kier alpha value is -0.880. The van der Waals surface area contributed by atoms with E-state index in [1.54, 1.807) is 43.2 Å². The SMILES string of the molecule is O=C(CC(=O)NCCOCCOCCNC(=O)C1SS1)NCCOCCOCCNC(=O)C1SS1. The van der Waals surface area contributed by atoms with Crippen molar-refractivity contribution >= 4 is 66.8 Å². The summed E-state index contributed by atoms with van der Waals surface area (Å²) < 4.78 is 21.4. The van der Waals surface area contributed by atoms with E-state index in [1.807, 2.05) is 0 Å². The van der Waals surface area contributed by atoms with Gasteiger partial charge in [0.2, 0.25) is 23.6 Å². The third-order valence-corrected chi connectivity index (χ3v) is 8.04. The quantitative estimate of drug-likeness (QED) is 0.0564. The van der Waals surface area contributed by atoms with E-state index in [0.29, 0.717) is 79.0 Å². The normalized spacial score (nSPS) is 14.9. The largest absolute Gasteiger partial charge is 0.377 e. The smallest absolute Gasteiger partial charge is 0.245 e. The fourth-order valence-corrected chi connectivity index (χ4v) is 4.51. The van der Waals surface area contributed by atoms with Gasteiger partial charge in [-0.2, -0.15) is 0 Å². The second-order valence-electron chi connectivity index (χ2n) is 6.96. The second kappa shape index (κ2) is 19.3. The minimum absolute atomic E-state index is 0.0288. The number of hydrogen-bond donors (Lipinski definition) is 4. The molecule has 2 heterocycles. The van der Waals surface area contributed by atoms with Crippen LogP contribution in [0, 0.1) is 0 Å². The minimum atomic E-state index is -0.384. The molecule has 2 saturated heterocycles. The van der Waals surface area contributed by atoms with Crippen LogP contribution in [0.1, 0.15) is 6.42 Å². The van der Waals surface area contributed by atoms with E-state index in [2.05, 4.69) is 21.3 Å². The van der Waals surface area contributed by atoms with E-state index >= 15 is 0 Å². The zero-order valence-corrected chi connectivity index (χ0v) is 22.5. The molecule has 0 atom stereocenters. The lowest BCUT2D eigenvalue weighted by Crippen LogP contribution is -2.35. The maximum absolute atomic E-state index is 11.7. The molecule has 0 spiro atoms. The van der Waals surface area contributed by atoms with Crippen LogP contribution in [0.4, 0.5) is 0 Å². The first-order valence-corrected chi connectivity index (χ1v) is 15.7. The summed E-state index contributed by atoms with van der Waals surface area (Å²) in [5, 5.41) is 10.8. The van der Waals surface area contributed by atoms with Gasteiger partial charge < -0.3 is 40.2 Å². The summed E-state index contributed by atoms with van der Waals surface area (Å²) in [6.45, 7) is 4.52.